The van der Waals surface area contributed by atoms with Crippen LogP contribution in [-0.4, -0.2) is 70.8 Å². The molecule has 2 aliphatic rings. The van der Waals surface area contributed by atoms with Crippen molar-refractivity contribution in [3.63, 3.8) is 0 Å². The van der Waals surface area contributed by atoms with E-state index >= 15 is 0 Å². The van der Waals surface area contributed by atoms with Crippen LogP contribution in [0.5, 0.6) is 0 Å². The third kappa shape index (κ3) is 5.31. The fraction of sp³-hybridized carbons (Fsp3) is 0.579. The van der Waals surface area contributed by atoms with E-state index in [1.54, 1.807) is 0 Å². The van der Waals surface area contributed by atoms with Crippen molar-refractivity contribution in [2.75, 3.05) is 65.9 Å². The van der Waals surface area contributed by atoms with Gasteiger partial charge in [-0.15, -0.1) is 0 Å². The molecule has 0 bridgehead atoms. The largest absolute Gasteiger partial charge is 0.377 e. The van der Waals surface area contributed by atoms with Crippen molar-refractivity contribution < 1.29 is 18.9 Å². The fourth-order valence-electron chi connectivity index (χ4n) is 2.98. The second kappa shape index (κ2) is 9.79. The summed E-state index contributed by atoms with van der Waals surface area (Å²) in [6, 6.07) is 8.58. The van der Waals surface area contributed by atoms with Gasteiger partial charge in [0, 0.05) is 25.2 Å². The van der Waals surface area contributed by atoms with Crippen LogP contribution in [0.3, 0.4) is 0 Å². The highest BCUT2D eigenvalue weighted by molar-refractivity contribution is 5.63. The molecule has 1 aliphatic heterocycles. The maximum Gasteiger partial charge on any atom is 0.0701 e. The van der Waals surface area contributed by atoms with E-state index in [0.29, 0.717) is 52.9 Å². The van der Waals surface area contributed by atoms with Crippen molar-refractivity contribution in [3.05, 3.63) is 41.1 Å². The third-order valence-electron chi connectivity index (χ3n) is 4.28. The minimum Gasteiger partial charge on any atom is -0.377 e. The molecule has 1 aromatic carbocycles. The Morgan fingerprint density at radius 1 is 0.667 bits per heavy atom. The van der Waals surface area contributed by atoms with Gasteiger partial charge in [-0.1, -0.05) is 24.3 Å². The van der Waals surface area contributed by atoms with Crippen LogP contribution < -0.4 is 0 Å². The van der Waals surface area contributed by atoms with Crippen molar-refractivity contribution >= 4 is 6.08 Å². The lowest BCUT2D eigenvalue weighted by atomic mass is 10.1. The van der Waals surface area contributed by atoms with E-state index in [1.165, 1.54) is 16.8 Å². The Bertz CT molecular complexity index is 516. The molecule has 0 unspecified atom stereocenters. The summed E-state index contributed by atoms with van der Waals surface area (Å²) in [6.45, 7) is 6.87. The average Bonchev–Trinajstić information content (AvgIpc) is 3.02. The second-order valence-electron chi connectivity index (χ2n) is 5.95. The monoisotopic (exact) mass is 333 g/mol. The maximum absolute atomic E-state index is 5.70. The molecule has 24 heavy (non-hydrogen) atoms. The Balaban J connectivity index is 1.55. The molecule has 0 spiro atoms. The van der Waals surface area contributed by atoms with Gasteiger partial charge >= 0.3 is 0 Å². The average molecular weight is 333 g/mol. The molecule has 0 radical (unpaired) electrons. The highest BCUT2D eigenvalue weighted by Gasteiger charge is 2.17. The summed E-state index contributed by atoms with van der Waals surface area (Å²) in [4.78, 5) is 2.38. The Morgan fingerprint density at radius 2 is 1.21 bits per heavy atom. The molecule has 0 aromatic heterocycles. The van der Waals surface area contributed by atoms with E-state index in [0.717, 1.165) is 19.5 Å². The summed E-state index contributed by atoms with van der Waals surface area (Å²) in [7, 11) is 0. The van der Waals surface area contributed by atoms with Gasteiger partial charge in [-0.25, -0.2) is 0 Å². The lowest BCUT2D eigenvalue weighted by Gasteiger charge is -2.26. The van der Waals surface area contributed by atoms with Crippen LogP contribution >= 0.6 is 0 Å². The van der Waals surface area contributed by atoms with Crippen molar-refractivity contribution in [2.45, 2.75) is 6.42 Å². The molecule has 5 heteroatoms. The number of nitrogens with zero attached hydrogens (tertiary/aromatic N) is 1. The molecule has 1 fully saturated rings. The molecule has 132 valence electrons. The zero-order chi connectivity index (χ0) is 16.5. The normalized spacial score (nSPS) is 21.5. The highest BCUT2D eigenvalue weighted by Crippen LogP contribution is 2.26. The number of rotatable bonds is 1. The van der Waals surface area contributed by atoms with Gasteiger partial charge in [-0.05, 0) is 17.2 Å². The van der Waals surface area contributed by atoms with Crippen LogP contribution in [0.4, 0.5) is 0 Å². The summed E-state index contributed by atoms with van der Waals surface area (Å²) in [5.74, 6) is 0. The van der Waals surface area contributed by atoms with E-state index < -0.39 is 0 Å². The molecule has 3 rings (SSSR count). The highest BCUT2D eigenvalue weighted by atomic mass is 16.6. The summed E-state index contributed by atoms with van der Waals surface area (Å²) in [6.07, 6.45) is 3.28. The van der Waals surface area contributed by atoms with Crippen LogP contribution in [0, 0.1) is 0 Å². The fourth-order valence-corrected chi connectivity index (χ4v) is 2.98. The number of benzene rings is 1. The first-order chi connectivity index (χ1) is 11.9. The lowest BCUT2D eigenvalue weighted by Crippen LogP contribution is -2.31. The molecule has 0 atom stereocenters. The quantitative estimate of drug-likeness (QED) is 0.786. The number of hydrogen-bond donors (Lipinski definition) is 0. The van der Waals surface area contributed by atoms with E-state index in [1.807, 2.05) is 0 Å². The van der Waals surface area contributed by atoms with Crippen LogP contribution in [0.25, 0.3) is 6.08 Å². The number of hydrogen-bond acceptors (Lipinski definition) is 5. The van der Waals surface area contributed by atoms with Crippen LogP contribution in [0.1, 0.15) is 11.1 Å². The second-order valence-corrected chi connectivity index (χ2v) is 5.95. The van der Waals surface area contributed by atoms with Gasteiger partial charge in [0.05, 0.1) is 52.9 Å². The first-order valence-electron chi connectivity index (χ1n) is 8.78. The summed E-state index contributed by atoms with van der Waals surface area (Å²) in [5.41, 5.74) is 4.07. The van der Waals surface area contributed by atoms with E-state index in [-0.39, 0.29) is 0 Å². The molecule has 0 N–H and O–H groups in total. The van der Waals surface area contributed by atoms with E-state index in [9.17, 15) is 0 Å². The summed E-state index contributed by atoms with van der Waals surface area (Å²) >= 11 is 0. The Kier molecular flexibility index (Phi) is 7.11. The molecular weight excluding hydrogens is 306 g/mol. The van der Waals surface area contributed by atoms with Gasteiger partial charge in [-0.3, -0.25) is 0 Å². The Labute approximate surface area is 144 Å². The standard InChI is InChI=1S/C19H27NO4/c1-2-4-18-16-19(15-17(18)3-1)20-5-7-21-9-11-23-13-14-24-12-10-22-8-6-20/h1-4,15H,5-14,16H2. The van der Waals surface area contributed by atoms with Crippen molar-refractivity contribution in [3.8, 4) is 0 Å². The number of fused-ring (bicyclic) bond motifs is 1. The van der Waals surface area contributed by atoms with Crippen LogP contribution in [0.15, 0.2) is 30.0 Å². The zero-order valence-electron chi connectivity index (χ0n) is 14.2. The number of allylic oxidation sites excluding steroid dienone is 1. The predicted octanol–water partition coefficient (Wildman–Crippen LogP) is 1.97. The van der Waals surface area contributed by atoms with Gasteiger partial charge < -0.3 is 23.8 Å². The SMILES string of the molecule is C1=C(N2CCOCCOCCOCCOCC2)Cc2ccccc21. The molecule has 1 saturated heterocycles. The third-order valence-corrected chi connectivity index (χ3v) is 4.28. The smallest absolute Gasteiger partial charge is 0.0701 e. The van der Waals surface area contributed by atoms with Gasteiger partial charge in [0.25, 0.3) is 0 Å². The minimum absolute atomic E-state index is 0.612. The maximum atomic E-state index is 5.70. The molecule has 1 aliphatic carbocycles. The number of ether oxygens (including phenoxy) is 4. The van der Waals surface area contributed by atoms with Crippen molar-refractivity contribution in [2.24, 2.45) is 0 Å². The van der Waals surface area contributed by atoms with Gasteiger partial charge in [-0.2, -0.15) is 0 Å². The zero-order valence-corrected chi connectivity index (χ0v) is 14.2. The van der Waals surface area contributed by atoms with E-state index in [4.69, 9.17) is 18.9 Å². The molecule has 0 saturated carbocycles. The summed E-state index contributed by atoms with van der Waals surface area (Å²) in [5, 5.41) is 0. The topological polar surface area (TPSA) is 40.2 Å². The van der Waals surface area contributed by atoms with Crippen LogP contribution in [-0.2, 0) is 25.4 Å². The summed E-state index contributed by atoms with van der Waals surface area (Å²) < 4.78 is 22.3. The minimum atomic E-state index is 0.612. The molecule has 0 amide bonds. The Hall–Kier alpha value is -1.40. The van der Waals surface area contributed by atoms with Gasteiger partial charge in [0.1, 0.15) is 0 Å². The van der Waals surface area contributed by atoms with Crippen molar-refractivity contribution in [1.29, 1.82) is 0 Å². The lowest BCUT2D eigenvalue weighted by molar-refractivity contribution is 0.00206. The first kappa shape index (κ1) is 17.4. The molecule has 1 aromatic rings. The Morgan fingerprint density at radius 3 is 1.79 bits per heavy atom. The van der Waals surface area contributed by atoms with Gasteiger partial charge in [0.2, 0.25) is 0 Å². The van der Waals surface area contributed by atoms with Crippen LogP contribution in [0.2, 0.25) is 0 Å². The molecule has 5 nitrogen and oxygen atoms in total. The first-order valence-corrected chi connectivity index (χ1v) is 8.78. The van der Waals surface area contributed by atoms with Gasteiger partial charge in [0.15, 0.2) is 0 Å². The molecular formula is C19H27NO4. The van der Waals surface area contributed by atoms with Crippen molar-refractivity contribution in [1.82, 2.24) is 4.90 Å². The predicted molar refractivity (Wildman–Crippen MR) is 93.0 cm³/mol. The molecule has 1 heterocycles. The van der Waals surface area contributed by atoms with E-state index in [2.05, 4.69) is 35.2 Å².